The first-order valence-corrected chi connectivity index (χ1v) is 6.31. The van der Waals surface area contributed by atoms with E-state index in [-0.39, 0.29) is 18.3 Å². The van der Waals surface area contributed by atoms with Crippen molar-refractivity contribution in [1.29, 1.82) is 0 Å². The number of rotatable bonds is 6. The van der Waals surface area contributed by atoms with E-state index >= 15 is 0 Å². The third-order valence-electron chi connectivity index (χ3n) is 2.62. The van der Waals surface area contributed by atoms with Crippen LogP contribution in [0.15, 0.2) is 24.3 Å². The molecular formula is C13H20Cl2N2O2. The maximum Gasteiger partial charge on any atom is 0.239 e. The summed E-state index contributed by atoms with van der Waals surface area (Å²) in [6.45, 7) is 2.80. The fraction of sp³-hybridized carbons (Fsp3) is 0.462. The van der Waals surface area contributed by atoms with E-state index < -0.39 is 6.04 Å². The zero-order valence-electron chi connectivity index (χ0n) is 11.1. The molecule has 0 heterocycles. The van der Waals surface area contributed by atoms with E-state index in [0.29, 0.717) is 30.3 Å². The Labute approximate surface area is 125 Å². The van der Waals surface area contributed by atoms with Gasteiger partial charge in [-0.25, -0.2) is 0 Å². The van der Waals surface area contributed by atoms with Gasteiger partial charge < -0.3 is 15.4 Å². The highest BCUT2D eigenvalue weighted by Gasteiger charge is 2.15. The van der Waals surface area contributed by atoms with E-state index in [1.807, 2.05) is 19.1 Å². The Kier molecular flexibility index (Phi) is 8.56. The van der Waals surface area contributed by atoms with Gasteiger partial charge in [0, 0.05) is 12.1 Å². The number of ether oxygens (including phenoxy) is 1. The Morgan fingerprint density at radius 2 is 2.21 bits per heavy atom. The molecule has 4 nitrogen and oxygen atoms in total. The van der Waals surface area contributed by atoms with Crippen LogP contribution in [0.5, 0.6) is 5.75 Å². The first-order chi connectivity index (χ1) is 8.54. The van der Waals surface area contributed by atoms with Gasteiger partial charge in [-0.05, 0) is 24.6 Å². The summed E-state index contributed by atoms with van der Waals surface area (Å²) in [7, 11) is 1.72. The number of likely N-dealkylation sites (N-methyl/N-ethyl adjacent to an activating group) is 1. The molecule has 19 heavy (non-hydrogen) atoms. The Morgan fingerprint density at radius 1 is 1.53 bits per heavy atom. The minimum atomic E-state index is -0.429. The van der Waals surface area contributed by atoms with Crippen molar-refractivity contribution >= 4 is 29.9 Å². The number of amides is 1. The number of carbonyl (C=O) groups excluding carboxylic acids is 1. The number of benzene rings is 1. The topological polar surface area (TPSA) is 55.6 Å². The maximum absolute atomic E-state index is 11.7. The molecule has 0 radical (unpaired) electrons. The predicted molar refractivity (Wildman–Crippen MR) is 80.1 cm³/mol. The number of halogens is 2. The smallest absolute Gasteiger partial charge is 0.239 e. The molecule has 0 fully saturated rings. The van der Waals surface area contributed by atoms with Gasteiger partial charge in [0.1, 0.15) is 12.4 Å². The molecule has 0 aliphatic heterocycles. The van der Waals surface area contributed by atoms with Crippen LogP contribution in [0, 0.1) is 0 Å². The number of hydrogen-bond acceptors (Lipinski definition) is 3. The van der Waals surface area contributed by atoms with Crippen LogP contribution in [-0.2, 0) is 4.79 Å². The lowest BCUT2D eigenvalue weighted by Gasteiger charge is -2.20. The molecule has 0 bridgehead atoms. The van der Waals surface area contributed by atoms with Gasteiger partial charge in [-0.15, -0.1) is 12.4 Å². The van der Waals surface area contributed by atoms with Crippen LogP contribution in [0.2, 0.25) is 5.02 Å². The van der Waals surface area contributed by atoms with Crippen LogP contribution in [0.4, 0.5) is 0 Å². The van der Waals surface area contributed by atoms with Gasteiger partial charge in [-0.1, -0.05) is 24.6 Å². The molecule has 0 aromatic heterocycles. The lowest BCUT2D eigenvalue weighted by Crippen LogP contribution is -2.42. The molecule has 0 aliphatic carbocycles. The number of nitrogens with two attached hydrogens (primary N) is 1. The predicted octanol–water partition coefficient (Wildman–Crippen LogP) is 2.34. The van der Waals surface area contributed by atoms with Crippen molar-refractivity contribution in [2.45, 2.75) is 19.4 Å². The van der Waals surface area contributed by atoms with E-state index in [0.717, 1.165) is 0 Å². The second-order valence-corrected chi connectivity index (χ2v) is 4.52. The molecule has 1 aromatic rings. The summed E-state index contributed by atoms with van der Waals surface area (Å²) in [6.07, 6.45) is 0.637. The van der Waals surface area contributed by atoms with Gasteiger partial charge in [0.05, 0.1) is 12.6 Å². The summed E-state index contributed by atoms with van der Waals surface area (Å²) >= 11 is 5.84. The molecule has 0 unspecified atom stereocenters. The Morgan fingerprint density at radius 3 is 2.79 bits per heavy atom. The summed E-state index contributed by atoms with van der Waals surface area (Å²) < 4.78 is 5.50. The minimum absolute atomic E-state index is 0. The summed E-state index contributed by atoms with van der Waals surface area (Å²) in [4.78, 5) is 13.3. The molecule has 0 saturated carbocycles. The van der Waals surface area contributed by atoms with Crippen LogP contribution < -0.4 is 10.5 Å². The van der Waals surface area contributed by atoms with Gasteiger partial charge >= 0.3 is 0 Å². The Balaban J connectivity index is 0.00000324. The van der Waals surface area contributed by atoms with Crippen molar-refractivity contribution in [3.63, 3.8) is 0 Å². The number of nitrogens with zero attached hydrogens (tertiary/aromatic N) is 1. The SMILES string of the molecule is CC[C@H](N)C(=O)N(C)CCOc1cccc(Cl)c1.Cl. The highest BCUT2D eigenvalue weighted by atomic mass is 35.5. The Hall–Kier alpha value is -0.970. The quantitative estimate of drug-likeness (QED) is 0.877. The fourth-order valence-electron chi connectivity index (χ4n) is 1.43. The van der Waals surface area contributed by atoms with Crippen molar-refractivity contribution in [2.75, 3.05) is 20.2 Å². The molecule has 1 aromatic carbocycles. The second-order valence-electron chi connectivity index (χ2n) is 4.08. The van der Waals surface area contributed by atoms with Crippen LogP contribution in [0.3, 0.4) is 0 Å². The standard InChI is InChI=1S/C13H19ClN2O2.ClH/c1-3-12(15)13(17)16(2)7-8-18-11-6-4-5-10(14)9-11;/h4-6,9,12H,3,7-8,15H2,1-2H3;1H/t12-;/m0./s1. The minimum Gasteiger partial charge on any atom is -0.492 e. The van der Waals surface area contributed by atoms with E-state index in [2.05, 4.69) is 0 Å². The first kappa shape index (κ1) is 18.0. The van der Waals surface area contributed by atoms with Crippen molar-refractivity contribution in [2.24, 2.45) is 5.73 Å². The largest absolute Gasteiger partial charge is 0.492 e. The second kappa shape index (κ2) is 9.02. The van der Waals surface area contributed by atoms with Crippen LogP contribution in [-0.4, -0.2) is 37.0 Å². The monoisotopic (exact) mass is 306 g/mol. The summed E-state index contributed by atoms with van der Waals surface area (Å²) in [5.41, 5.74) is 5.67. The molecule has 108 valence electrons. The summed E-state index contributed by atoms with van der Waals surface area (Å²) in [5.74, 6) is 0.635. The maximum atomic E-state index is 11.7. The van der Waals surface area contributed by atoms with Gasteiger partial charge in [-0.2, -0.15) is 0 Å². The average Bonchev–Trinajstić information content (AvgIpc) is 2.36. The first-order valence-electron chi connectivity index (χ1n) is 5.93. The van der Waals surface area contributed by atoms with Crippen molar-refractivity contribution in [1.82, 2.24) is 4.90 Å². The van der Waals surface area contributed by atoms with E-state index in [9.17, 15) is 4.79 Å². The van der Waals surface area contributed by atoms with E-state index in [1.165, 1.54) is 0 Å². The van der Waals surface area contributed by atoms with Crippen molar-refractivity contribution in [3.8, 4) is 5.75 Å². The van der Waals surface area contributed by atoms with E-state index in [4.69, 9.17) is 22.1 Å². The summed E-state index contributed by atoms with van der Waals surface area (Å²) in [5, 5.41) is 0.630. The summed E-state index contributed by atoms with van der Waals surface area (Å²) in [6, 6.07) is 6.73. The van der Waals surface area contributed by atoms with Crippen LogP contribution in [0.25, 0.3) is 0 Å². The zero-order valence-corrected chi connectivity index (χ0v) is 12.7. The third-order valence-corrected chi connectivity index (χ3v) is 2.86. The van der Waals surface area contributed by atoms with Crippen LogP contribution in [0.1, 0.15) is 13.3 Å². The lowest BCUT2D eigenvalue weighted by atomic mass is 10.2. The Bertz CT molecular complexity index is 402. The molecule has 1 amide bonds. The highest BCUT2D eigenvalue weighted by Crippen LogP contribution is 2.16. The molecule has 0 spiro atoms. The molecule has 2 N–H and O–H groups in total. The number of hydrogen-bond donors (Lipinski definition) is 1. The average molecular weight is 307 g/mol. The van der Waals surface area contributed by atoms with E-state index in [1.54, 1.807) is 24.1 Å². The van der Waals surface area contributed by atoms with Gasteiger partial charge in [-0.3, -0.25) is 4.79 Å². The van der Waals surface area contributed by atoms with Crippen molar-refractivity contribution < 1.29 is 9.53 Å². The normalized spacial score (nSPS) is 11.4. The third kappa shape index (κ3) is 6.14. The fourth-order valence-corrected chi connectivity index (χ4v) is 1.61. The molecule has 0 aliphatic rings. The molecule has 6 heteroatoms. The van der Waals surface area contributed by atoms with Gasteiger partial charge in [0.15, 0.2) is 0 Å². The highest BCUT2D eigenvalue weighted by molar-refractivity contribution is 6.30. The van der Waals surface area contributed by atoms with Crippen LogP contribution >= 0.6 is 24.0 Å². The molecule has 1 rings (SSSR count). The molecule has 1 atom stereocenters. The van der Waals surface area contributed by atoms with Gasteiger partial charge in [0.25, 0.3) is 0 Å². The molecule has 0 saturated heterocycles. The van der Waals surface area contributed by atoms with Crippen molar-refractivity contribution in [3.05, 3.63) is 29.3 Å². The molecular weight excluding hydrogens is 287 g/mol. The zero-order chi connectivity index (χ0) is 13.5. The number of carbonyl (C=O) groups is 1. The lowest BCUT2D eigenvalue weighted by molar-refractivity contribution is -0.131. The van der Waals surface area contributed by atoms with Gasteiger partial charge in [0.2, 0.25) is 5.91 Å².